The Morgan fingerprint density at radius 1 is 1.65 bits per heavy atom. The molecule has 2 heterocycles. The van der Waals surface area contributed by atoms with Crippen LogP contribution in [-0.4, -0.2) is 46.5 Å². The molecule has 2 atom stereocenters. The number of carbonyl (C=O) groups excluding carboxylic acids is 3. The zero-order valence-corrected chi connectivity index (χ0v) is 11.0. The topological polar surface area (TPSA) is 116 Å². The molecule has 8 heteroatoms. The molecule has 0 spiro atoms. The van der Waals surface area contributed by atoms with E-state index in [1.807, 2.05) is 0 Å². The number of esters is 1. The van der Waals surface area contributed by atoms with Gasteiger partial charge >= 0.3 is 5.97 Å². The van der Waals surface area contributed by atoms with Crippen molar-refractivity contribution in [2.75, 3.05) is 7.11 Å². The van der Waals surface area contributed by atoms with Crippen molar-refractivity contribution in [3.63, 3.8) is 0 Å². The fourth-order valence-electron chi connectivity index (χ4n) is 2.03. The zero-order valence-electron chi connectivity index (χ0n) is 11.0. The predicted molar refractivity (Wildman–Crippen MR) is 67.7 cm³/mol. The van der Waals surface area contributed by atoms with Gasteiger partial charge in [0, 0.05) is 19.0 Å². The maximum absolute atomic E-state index is 12.1. The Hall–Kier alpha value is -2.22. The second kappa shape index (κ2) is 5.83. The molecular formula is C12H16N4O4. The highest BCUT2D eigenvalue weighted by molar-refractivity contribution is 5.92. The summed E-state index contributed by atoms with van der Waals surface area (Å²) >= 11 is 0. The number of nitrogens with zero attached hydrogens (tertiary/aromatic N) is 2. The first kappa shape index (κ1) is 14.2. The van der Waals surface area contributed by atoms with E-state index < -0.39 is 18.1 Å². The van der Waals surface area contributed by atoms with Crippen LogP contribution in [-0.2, 0) is 20.7 Å². The van der Waals surface area contributed by atoms with Gasteiger partial charge < -0.3 is 15.8 Å². The average Bonchev–Trinajstić information content (AvgIpc) is 3.06. The fraction of sp³-hybridized carbons (Fsp3) is 0.500. The molecule has 2 rings (SSSR count). The van der Waals surface area contributed by atoms with Crippen LogP contribution >= 0.6 is 0 Å². The third-order valence-corrected chi connectivity index (χ3v) is 3.12. The van der Waals surface area contributed by atoms with Crippen LogP contribution in [0.3, 0.4) is 0 Å². The van der Waals surface area contributed by atoms with Gasteiger partial charge in [0.25, 0.3) is 5.91 Å². The normalized spacial score (nSPS) is 19.5. The van der Waals surface area contributed by atoms with Gasteiger partial charge in [0.05, 0.1) is 12.8 Å². The summed E-state index contributed by atoms with van der Waals surface area (Å²) in [6, 6.07) is -1.33. The van der Waals surface area contributed by atoms with E-state index in [0.717, 1.165) is 0 Å². The van der Waals surface area contributed by atoms with E-state index in [-0.39, 0.29) is 18.2 Å². The van der Waals surface area contributed by atoms with E-state index in [9.17, 15) is 14.4 Å². The van der Waals surface area contributed by atoms with Crippen molar-refractivity contribution in [3.05, 3.63) is 18.2 Å². The molecule has 0 aromatic carbocycles. The van der Waals surface area contributed by atoms with E-state index in [1.54, 1.807) is 0 Å². The van der Waals surface area contributed by atoms with Crippen LogP contribution in [0.5, 0.6) is 0 Å². The number of aromatic nitrogens is 2. The lowest BCUT2D eigenvalue weighted by atomic mass is 10.2. The van der Waals surface area contributed by atoms with E-state index in [0.29, 0.717) is 18.5 Å². The molecule has 3 N–H and O–H groups in total. The first-order valence-electron chi connectivity index (χ1n) is 6.21. The van der Waals surface area contributed by atoms with Gasteiger partial charge in [-0.15, -0.1) is 0 Å². The lowest BCUT2D eigenvalue weighted by molar-refractivity contribution is -0.142. The molecule has 0 unspecified atom stereocenters. The molecule has 1 fully saturated rings. The van der Waals surface area contributed by atoms with E-state index in [1.165, 1.54) is 24.2 Å². The van der Waals surface area contributed by atoms with Crippen molar-refractivity contribution < 1.29 is 19.1 Å². The molecule has 20 heavy (non-hydrogen) atoms. The van der Waals surface area contributed by atoms with Crippen LogP contribution in [0.4, 0.5) is 0 Å². The highest BCUT2D eigenvalue weighted by atomic mass is 16.5. The second-order valence-corrected chi connectivity index (χ2v) is 4.60. The number of amides is 1. The Bertz CT molecular complexity index is 539. The van der Waals surface area contributed by atoms with Gasteiger partial charge in [0.1, 0.15) is 18.4 Å². The summed E-state index contributed by atoms with van der Waals surface area (Å²) < 4.78 is 5.82. The number of hydrogen-bond acceptors (Lipinski definition) is 6. The summed E-state index contributed by atoms with van der Waals surface area (Å²) in [4.78, 5) is 38.4. The molecule has 1 amide bonds. The smallest absolute Gasteiger partial charge is 0.323 e. The molecule has 1 saturated heterocycles. The van der Waals surface area contributed by atoms with Crippen molar-refractivity contribution in [1.82, 2.24) is 14.9 Å². The number of hydrogen-bond donors (Lipinski definition) is 2. The van der Waals surface area contributed by atoms with Gasteiger partial charge in [-0.2, -0.15) is 0 Å². The van der Waals surface area contributed by atoms with Crippen molar-refractivity contribution in [2.45, 2.75) is 31.3 Å². The minimum absolute atomic E-state index is 0.128. The van der Waals surface area contributed by atoms with Gasteiger partial charge in [-0.1, -0.05) is 0 Å². The van der Waals surface area contributed by atoms with Crippen LogP contribution in [0, 0.1) is 0 Å². The Labute approximate surface area is 115 Å². The van der Waals surface area contributed by atoms with Crippen LogP contribution in [0.2, 0.25) is 0 Å². The van der Waals surface area contributed by atoms with Crippen LogP contribution in [0.25, 0.3) is 0 Å². The number of carbonyl (C=O) groups is 3. The third kappa shape index (κ3) is 3.02. The maximum atomic E-state index is 12.1. The molecule has 1 aromatic rings. The van der Waals surface area contributed by atoms with E-state index in [4.69, 9.17) is 5.73 Å². The Morgan fingerprint density at radius 2 is 2.40 bits per heavy atom. The molecule has 1 aromatic heterocycles. The highest BCUT2D eigenvalue weighted by Gasteiger charge is 2.28. The number of nitrogens with two attached hydrogens (primary N) is 1. The minimum Gasteiger partial charge on any atom is -0.468 e. The van der Waals surface area contributed by atoms with Crippen LogP contribution in [0.1, 0.15) is 23.3 Å². The second-order valence-electron chi connectivity index (χ2n) is 4.60. The third-order valence-electron chi connectivity index (χ3n) is 3.12. The predicted octanol–water partition coefficient (Wildman–Crippen LogP) is -1.16. The van der Waals surface area contributed by atoms with Crippen molar-refractivity contribution in [2.24, 2.45) is 5.73 Å². The van der Waals surface area contributed by atoms with Gasteiger partial charge in [0.2, 0.25) is 5.91 Å². The van der Waals surface area contributed by atoms with Gasteiger partial charge in [0.15, 0.2) is 0 Å². The quantitative estimate of drug-likeness (QED) is 0.672. The molecule has 1 aliphatic rings. The summed E-state index contributed by atoms with van der Waals surface area (Å²) in [6.07, 6.45) is 3.88. The number of rotatable bonds is 4. The standard InChI is InChI=1S/C12H16N4O4/c1-20-12(19)8(13)4-7-5-16(6-14-7)11(18)9-2-3-10(17)15-9/h5-6,8-9H,2-4,13H2,1H3,(H,15,17)/t8-,9+/m0/s1. The van der Waals surface area contributed by atoms with Gasteiger partial charge in [-0.25, -0.2) is 4.98 Å². The van der Waals surface area contributed by atoms with Crippen molar-refractivity contribution in [1.29, 1.82) is 0 Å². The lowest BCUT2D eigenvalue weighted by Crippen LogP contribution is -2.36. The molecule has 0 bridgehead atoms. The first-order chi connectivity index (χ1) is 9.51. The number of ether oxygens (including phenoxy) is 1. The average molecular weight is 280 g/mol. The van der Waals surface area contributed by atoms with Gasteiger partial charge in [-0.3, -0.25) is 19.0 Å². The Balaban J connectivity index is 2.00. The summed E-state index contributed by atoms with van der Waals surface area (Å²) in [5.74, 6) is -0.911. The molecular weight excluding hydrogens is 264 g/mol. The number of imidazole rings is 1. The molecule has 8 nitrogen and oxygen atoms in total. The Kier molecular flexibility index (Phi) is 4.14. The SMILES string of the molecule is COC(=O)[C@@H](N)Cc1cn(C(=O)[C@H]2CCC(=O)N2)cn1. The van der Waals surface area contributed by atoms with Crippen LogP contribution < -0.4 is 11.1 Å². The fourth-order valence-corrected chi connectivity index (χ4v) is 2.03. The monoisotopic (exact) mass is 280 g/mol. The first-order valence-corrected chi connectivity index (χ1v) is 6.21. The maximum Gasteiger partial charge on any atom is 0.323 e. The molecule has 0 aliphatic carbocycles. The minimum atomic E-state index is -0.815. The highest BCUT2D eigenvalue weighted by Crippen LogP contribution is 2.10. The summed E-state index contributed by atoms with van der Waals surface area (Å²) in [5.41, 5.74) is 6.13. The number of methoxy groups -OCH3 is 1. The van der Waals surface area contributed by atoms with Gasteiger partial charge in [-0.05, 0) is 6.42 Å². The molecule has 0 saturated carbocycles. The summed E-state index contributed by atoms with van der Waals surface area (Å²) in [6.45, 7) is 0. The molecule has 1 aliphatic heterocycles. The van der Waals surface area contributed by atoms with Crippen molar-refractivity contribution in [3.8, 4) is 0 Å². The number of nitrogens with one attached hydrogen (secondary N) is 1. The van der Waals surface area contributed by atoms with Crippen molar-refractivity contribution >= 4 is 17.8 Å². The summed E-state index contributed by atoms with van der Waals surface area (Å²) in [5, 5.41) is 2.59. The van der Waals surface area contributed by atoms with Crippen LogP contribution in [0.15, 0.2) is 12.5 Å². The molecule has 108 valence electrons. The zero-order chi connectivity index (χ0) is 14.7. The largest absolute Gasteiger partial charge is 0.468 e. The Morgan fingerprint density at radius 3 is 3.00 bits per heavy atom. The van der Waals surface area contributed by atoms with E-state index in [2.05, 4.69) is 15.0 Å². The summed E-state index contributed by atoms with van der Waals surface area (Å²) in [7, 11) is 1.26. The molecule has 0 radical (unpaired) electrons. The van der Waals surface area contributed by atoms with E-state index >= 15 is 0 Å². The lowest BCUT2D eigenvalue weighted by Gasteiger charge is -2.08.